The van der Waals surface area contributed by atoms with Crippen LogP contribution in [-0.4, -0.2) is 36.1 Å². The highest BCUT2D eigenvalue weighted by Crippen LogP contribution is 2.27. The number of rotatable bonds is 6. The number of anilines is 2. The molecule has 0 atom stereocenters. The van der Waals surface area contributed by atoms with E-state index in [1.807, 2.05) is 0 Å². The van der Waals surface area contributed by atoms with Gasteiger partial charge in [0.25, 0.3) is 0 Å². The van der Waals surface area contributed by atoms with Crippen LogP contribution in [0.3, 0.4) is 0 Å². The van der Waals surface area contributed by atoms with Crippen molar-refractivity contribution in [2.45, 2.75) is 6.92 Å². The van der Waals surface area contributed by atoms with E-state index in [1.165, 1.54) is 20.4 Å². The second kappa shape index (κ2) is 6.48. The number of ether oxygens (including phenoxy) is 1. The van der Waals surface area contributed by atoms with E-state index < -0.39 is 0 Å². The van der Waals surface area contributed by atoms with E-state index >= 15 is 0 Å². The van der Waals surface area contributed by atoms with E-state index in [-0.39, 0.29) is 5.91 Å². The highest BCUT2D eigenvalue weighted by Gasteiger charge is 2.10. The largest absolute Gasteiger partial charge is 0.490 e. The molecule has 0 fully saturated rings. The number of nitrogen functional groups attached to an aromatic ring is 1. The predicted octanol–water partition coefficient (Wildman–Crippen LogP) is -0.681. The molecule has 0 unspecified atom stereocenters. The highest BCUT2D eigenvalue weighted by molar-refractivity contribution is 5.72. The van der Waals surface area contributed by atoms with Gasteiger partial charge in [-0.2, -0.15) is 0 Å². The highest BCUT2D eigenvalue weighted by atomic mass is 16.5. The Morgan fingerprint density at radius 3 is 2.71 bits per heavy atom. The molecule has 8 heteroatoms. The monoisotopic (exact) mass is 240 g/mol. The fourth-order valence-electron chi connectivity index (χ4n) is 1.22. The van der Waals surface area contributed by atoms with Crippen molar-refractivity contribution in [1.82, 2.24) is 15.3 Å². The number of carbonyl (C=O) groups is 1. The van der Waals surface area contributed by atoms with Gasteiger partial charge < -0.3 is 20.8 Å². The van der Waals surface area contributed by atoms with Crippen LogP contribution >= 0.6 is 0 Å². The molecule has 0 aliphatic rings. The summed E-state index contributed by atoms with van der Waals surface area (Å²) < 4.78 is 5.13. The van der Waals surface area contributed by atoms with Crippen molar-refractivity contribution in [2.75, 3.05) is 30.9 Å². The van der Waals surface area contributed by atoms with Crippen molar-refractivity contribution in [3.63, 3.8) is 0 Å². The molecule has 94 valence electrons. The van der Waals surface area contributed by atoms with Crippen molar-refractivity contribution < 1.29 is 9.53 Å². The molecule has 1 aromatic heterocycles. The summed E-state index contributed by atoms with van der Waals surface area (Å²) in [5.74, 6) is 6.54. The number of hydrogen-bond donors (Lipinski definition) is 4. The van der Waals surface area contributed by atoms with Crippen molar-refractivity contribution in [1.29, 1.82) is 0 Å². The first-order valence-corrected chi connectivity index (χ1v) is 5.03. The number of nitrogens with one attached hydrogen (secondary N) is 3. The molecule has 17 heavy (non-hydrogen) atoms. The van der Waals surface area contributed by atoms with Crippen molar-refractivity contribution in [3.8, 4) is 5.75 Å². The summed E-state index contributed by atoms with van der Waals surface area (Å²) in [6.07, 6.45) is 1.36. The molecule has 0 radical (unpaired) electrons. The first kappa shape index (κ1) is 13.0. The maximum absolute atomic E-state index is 10.7. The Morgan fingerprint density at radius 1 is 1.41 bits per heavy atom. The first-order valence-electron chi connectivity index (χ1n) is 5.03. The number of aromatic nitrogens is 2. The van der Waals surface area contributed by atoms with Crippen molar-refractivity contribution >= 4 is 17.5 Å². The molecule has 0 aliphatic carbocycles. The number of carbonyl (C=O) groups excluding carboxylic acids is 1. The summed E-state index contributed by atoms with van der Waals surface area (Å²) in [5, 5.41) is 5.66. The molecule has 0 spiro atoms. The van der Waals surface area contributed by atoms with Crippen LogP contribution in [0.25, 0.3) is 0 Å². The van der Waals surface area contributed by atoms with Gasteiger partial charge in [0, 0.05) is 20.0 Å². The third-order valence-electron chi connectivity index (χ3n) is 1.94. The molecular formula is C9H16N6O2. The standard InChI is InChI=1S/C9H16N6O2/c1-6(16)11-3-4-12-8-7(17-2)9(15-10)14-5-13-8/h5H,3-4,10H2,1-2H3,(H,11,16)(H2,12,13,14,15). The maximum Gasteiger partial charge on any atom is 0.216 e. The molecule has 0 bridgehead atoms. The van der Waals surface area contributed by atoms with E-state index in [0.29, 0.717) is 30.5 Å². The van der Waals surface area contributed by atoms with Gasteiger partial charge in [0.1, 0.15) is 6.33 Å². The third-order valence-corrected chi connectivity index (χ3v) is 1.94. The van der Waals surface area contributed by atoms with E-state index in [1.54, 1.807) is 0 Å². The number of nitrogens with zero attached hydrogens (tertiary/aromatic N) is 2. The molecule has 1 rings (SSSR count). The molecule has 1 aromatic rings. The van der Waals surface area contributed by atoms with E-state index in [4.69, 9.17) is 10.6 Å². The predicted molar refractivity (Wildman–Crippen MR) is 63.6 cm³/mol. The zero-order valence-corrected chi connectivity index (χ0v) is 9.78. The molecule has 8 nitrogen and oxygen atoms in total. The Morgan fingerprint density at radius 2 is 2.12 bits per heavy atom. The summed E-state index contributed by atoms with van der Waals surface area (Å²) >= 11 is 0. The molecule has 5 N–H and O–H groups in total. The summed E-state index contributed by atoms with van der Waals surface area (Å²) in [6.45, 7) is 2.48. The number of hydrogen-bond acceptors (Lipinski definition) is 7. The maximum atomic E-state index is 10.7. The van der Waals surface area contributed by atoms with Crippen LogP contribution in [0.5, 0.6) is 5.75 Å². The quantitative estimate of drug-likeness (QED) is 0.296. The fraction of sp³-hybridized carbons (Fsp3) is 0.444. The van der Waals surface area contributed by atoms with E-state index in [9.17, 15) is 4.79 Å². The van der Waals surface area contributed by atoms with Gasteiger partial charge >= 0.3 is 0 Å². The summed E-state index contributed by atoms with van der Waals surface area (Å²) in [5.41, 5.74) is 2.41. The third kappa shape index (κ3) is 3.76. The lowest BCUT2D eigenvalue weighted by Crippen LogP contribution is -2.26. The zero-order chi connectivity index (χ0) is 12.7. The van der Waals surface area contributed by atoms with Crippen LogP contribution in [-0.2, 0) is 4.79 Å². The Hall–Kier alpha value is -2.09. The lowest BCUT2D eigenvalue weighted by Gasteiger charge is -2.12. The van der Waals surface area contributed by atoms with Gasteiger partial charge in [-0.05, 0) is 0 Å². The number of amides is 1. The summed E-state index contributed by atoms with van der Waals surface area (Å²) in [4.78, 5) is 18.6. The SMILES string of the molecule is COc1c(NN)ncnc1NCCNC(C)=O. The van der Waals surface area contributed by atoms with Crippen LogP contribution in [0.2, 0.25) is 0 Å². The second-order valence-corrected chi connectivity index (χ2v) is 3.16. The van der Waals surface area contributed by atoms with Crippen LogP contribution in [0.15, 0.2) is 6.33 Å². The fourth-order valence-corrected chi connectivity index (χ4v) is 1.22. The number of nitrogens with two attached hydrogens (primary N) is 1. The lowest BCUT2D eigenvalue weighted by molar-refractivity contribution is -0.118. The van der Waals surface area contributed by atoms with Crippen LogP contribution in [0.1, 0.15) is 6.92 Å². The minimum atomic E-state index is -0.0780. The zero-order valence-electron chi connectivity index (χ0n) is 9.78. The molecule has 1 amide bonds. The minimum Gasteiger partial charge on any atom is -0.490 e. The number of hydrazine groups is 1. The van der Waals surface area contributed by atoms with Crippen molar-refractivity contribution in [2.24, 2.45) is 5.84 Å². The summed E-state index contributed by atoms with van der Waals surface area (Å²) in [6, 6.07) is 0. The average Bonchev–Trinajstić information content (AvgIpc) is 2.33. The number of methoxy groups -OCH3 is 1. The Bertz CT molecular complexity index is 384. The van der Waals surface area contributed by atoms with Crippen LogP contribution < -0.4 is 26.6 Å². The van der Waals surface area contributed by atoms with Gasteiger partial charge in [0.2, 0.25) is 11.7 Å². The second-order valence-electron chi connectivity index (χ2n) is 3.16. The van der Waals surface area contributed by atoms with Gasteiger partial charge in [-0.3, -0.25) is 4.79 Å². The Balaban J connectivity index is 2.60. The van der Waals surface area contributed by atoms with Crippen molar-refractivity contribution in [3.05, 3.63) is 6.33 Å². The van der Waals surface area contributed by atoms with Gasteiger partial charge in [-0.25, -0.2) is 15.8 Å². The molecular weight excluding hydrogens is 224 g/mol. The van der Waals surface area contributed by atoms with Gasteiger partial charge in [0.15, 0.2) is 11.6 Å². The normalized spacial score (nSPS) is 9.59. The Labute approximate surface area is 98.9 Å². The van der Waals surface area contributed by atoms with Gasteiger partial charge in [0.05, 0.1) is 7.11 Å². The first-order chi connectivity index (χ1) is 8.19. The van der Waals surface area contributed by atoms with Gasteiger partial charge in [-0.1, -0.05) is 0 Å². The molecule has 0 saturated carbocycles. The summed E-state index contributed by atoms with van der Waals surface area (Å²) in [7, 11) is 1.50. The molecule has 0 aliphatic heterocycles. The van der Waals surface area contributed by atoms with Crippen LogP contribution in [0, 0.1) is 0 Å². The van der Waals surface area contributed by atoms with Crippen LogP contribution in [0.4, 0.5) is 11.6 Å². The van der Waals surface area contributed by atoms with E-state index in [0.717, 1.165) is 0 Å². The minimum absolute atomic E-state index is 0.0780. The average molecular weight is 240 g/mol. The van der Waals surface area contributed by atoms with E-state index in [2.05, 4.69) is 26.0 Å². The van der Waals surface area contributed by atoms with Gasteiger partial charge in [-0.15, -0.1) is 0 Å². The molecule has 0 aromatic carbocycles. The molecule has 0 saturated heterocycles. The smallest absolute Gasteiger partial charge is 0.216 e. The lowest BCUT2D eigenvalue weighted by atomic mass is 10.4. The topological polar surface area (TPSA) is 114 Å². The molecule has 1 heterocycles. The Kier molecular flexibility index (Phi) is 4.95.